The van der Waals surface area contributed by atoms with Gasteiger partial charge in [-0.15, -0.1) is 0 Å². The first-order chi connectivity index (χ1) is 14.1. The second-order valence-corrected chi connectivity index (χ2v) is 9.45. The summed E-state index contributed by atoms with van der Waals surface area (Å²) in [4.78, 5) is 4.27. The molecule has 0 aliphatic carbocycles. The molecule has 2 atom stereocenters. The molecule has 3 aromatic carbocycles. The number of ether oxygens (including phenoxy) is 1. The van der Waals surface area contributed by atoms with Crippen LogP contribution in [0.3, 0.4) is 0 Å². The number of nitrogens with zero attached hydrogens (tertiary/aromatic N) is 1. The molecule has 0 aliphatic rings. The van der Waals surface area contributed by atoms with Crippen molar-refractivity contribution in [1.82, 2.24) is 0 Å². The average molecular weight is 404 g/mol. The normalized spacial score (nSPS) is 13.8. The Bertz CT molecular complexity index is 967. The molecule has 3 rings (SSSR count). The van der Waals surface area contributed by atoms with E-state index in [1.165, 1.54) is 27.6 Å². The molecule has 150 valence electrons. The molecule has 0 radical (unpaired) electrons. The Hall–Kier alpha value is -2.44. The summed E-state index contributed by atoms with van der Waals surface area (Å²) < 4.78 is 6.28. The van der Waals surface area contributed by atoms with Crippen molar-refractivity contribution in [3.8, 4) is 5.75 Å². The number of hydrogen-bond acceptors (Lipinski definition) is 2. The smallest absolute Gasteiger partial charge is 0.123 e. The molecule has 0 N–H and O–H groups in total. The minimum atomic E-state index is -0.00112. The fourth-order valence-corrected chi connectivity index (χ4v) is 5.03. The van der Waals surface area contributed by atoms with Gasteiger partial charge in [-0.3, -0.25) is 4.99 Å². The summed E-state index contributed by atoms with van der Waals surface area (Å²) >= 11 is 0. The van der Waals surface area contributed by atoms with Crippen LogP contribution in [0.4, 0.5) is 0 Å². The number of hydrogen-bond donors (Lipinski definition) is 0. The molecule has 2 unspecified atom stereocenters. The van der Waals surface area contributed by atoms with E-state index < -0.39 is 0 Å². The van der Waals surface area contributed by atoms with Crippen molar-refractivity contribution in [2.45, 2.75) is 39.0 Å². The standard InChI is InChI=1S/C26H30NOP/c1-5-26(3,29-25-16-15-20(2)17-22(25)18-27-4)23-13-9-10-14-24(23)28-19-21-11-7-6-8-12-21/h6-18,29H,5,19H2,1-4H3. The molecule has 0 spiro atoms. The zero-order chi connectivity index (χ0) is 20.7. The van der Waals surface area contributed by atoms with Gasteiger partial charge in [-0.05, 0) is 41.9 Å². The van der Waals surface area contributed by atoms with Crippen LogP contribution in [0, 0.1) is 6.92 Å². The third-order valence-electron chi connectivity index (χ3n) is 5.31. The molecular formula is C26H30NOP. The number of para-hydroxylation sites is 1. The first-order valence-corrected chi connectivity index (χ1v) is 11.1. The molecule has 2 nitrogen and oxygen atoms in total. The van der Waals surface area contributed by atoms with Gasteiger partial charge in [0.05, 0.1) is 0 Å². The second kappa shape index (κ2) is 9.85. The largest absolute Gasteiger partial charge is 0.489 e. The van der Waals surface area contributed by atoms with E-state index in [1.54, 1.807) is 0 Å². The van der Waals surface area contributed by atoms with Crippen molar-refractivity contribution < 1.29 is 4.74 Å². The highest BCUT2D eigenvalue weighted by Crippen LogP contribution is 2.47. The zero-order valence-corrected chi connectivity index (χ0v) is 18.8. The Morgan fingerprint density at radius 3 is 2.45 bits per heavy atom. The molecule has 0 saturated carbocycles. The highest BCUT2D eigenvalue weighted by Gasteiger charge is 2.29. The van der Waals surface area contributed by atoms with Gasteiger partial charge in [0, 0.05) is 24.0 Å². The predicted molar refractivity (Wildman–Crippen MR) is 128 cm³/mol. The lowest BCUT2D eigenvalue weighted by atomic mass is 9.96. The van der Waals surface area contributed by atoms with Gasteiger partial charge in [0.1, 0.15) is 12.4 Å². The van der Waals surface area contributed by atoms with Gasteiger partial charge in [-0.2, -0.15) is 0 Å². The molecule has 3 aromatic rings. The Kier molecular flexibility index (Phi) is 7.23. The maximum Gasteiger partial charge on any atom is 0.123 e. The van der Waals surface area contributed by atoms with E-state index >= 15 is 0 Å². The Balaban J connectivity index is 1.91. The molecule has 0 fully saturated rings. The third kappa shape index (κ3) is 5.34. The molecule has 0 amide bonds. The van der Waals surface area contributed by atoms with Crippen LogP contribution in [0.5, 0.6) is 5.75 Å². The van der Waals surface area contributed by atoms with Crippen molar-refractivity contribution >= 4 is 20.1 Å². The fourth-order valence-electron chi connectivity index (χ4n) is 3.47. The first kappa shape index (κ1) is 21.3. The van der Waals surface area contributed by atoms with Crippen LogP contribution in [0.15, 0.2) is 77.8 Å². The molecular weight excluding hydrogens is 373 g/mol. The summed E-state index contributed by atoms with van der Waals surface area (Å²) in [6.45, 7) is 7.33. The lowest BCUT2D eigenvalue weighted by molar-refractivity contribution is 0.300. The summed E-state index contributed by atoms with van der Waals surface area (Å²) in [7, 11) is 2.46. The number of aryl methyl sites for hydroxylation is 1. The lowest BCUT2D eigenvalue weighted by Gasteiger charge is -2.31. The molecule has 0 heterocycles. The van der Waals surface area contributed by atoms with Gasteiger partial charge in [-0.25, -0.2) is 0 Å². The molecule has 0 saturated heterocycles. The van der Waals surface area contributed by atoms with Crippen LogP contribution < -0.4 is 10.0 Å². The summed E-state index contributed by atoms with van der Waals surface area (Å²) in [6.07, 6.45) is 3.01. The fraction of sp³-hybridized carbons (Fsp3) is 0.269. The summed E-state index contributed by atoms with van der Waals surface area (Å²) in [5.41, 5.74) is 4.94. The van der Waals surface area contributed by atoms with E-state index in [0.717, 1.165) is 12.2 Å². The van der Waals surface area contributed by atoms with E-state index in [0.29, 0.717) is 15.2 Å². The van der Waals surface area contributed by atoms with E-state index in [4.69, 9.17) is 4.74 Å². The van der Waals surface area contributed by atoms with Gasteiger partial charge in [0.15, 0.2) is 0 Å². The second-order valence-electron chi connectivity index (χ2n) is 7.56. The Morgan fingerprint density at radius 2 is 1.72 bits per heavy atom. The first-order valence-electron chi connectivity index (χ1n) is 10.1. The quantitative estimate of drug-likeness (QED) is 0.322. The minimum absolute atomic E-state index is 0.00112. The van der Waals surface area contributed by atoms with Crippen molar-refractivity contribution in [2.24, 2.45) is 4.99 Å². The monoisotopic (exact) mass is 403 g/mol. The number of rotatable bonds is 8. The van der Waals surface area contributed by atoms with E-state index in [-0.39, 0.29) is 5.16 Å². The van der Waals surface area contributed by atoms with E-state index in [2.05, 4.69) is 92.5 Å². The average Bonchev–Trinajstić information content (AvgIpc) is 2.75. The molecule has 0 aliphatic heterocycles. The van der Waals surface area contributed by atoms with Crippen molar-refractivity contribution in [1.29, 1.82) is 0 Å². The Labute approximate surface area is 176 Å². The Morgan fingerprint density at radius 1 is 1.00 bits per heavy atom. The van der Waals surface area contributed by atoms with Gasteiger partial charge >= 0.3 is 0 Å². The molecule has 3 heteroatoms. The molecule has 0 bridgehead atoms. The highest BCUT2D eigenvalue weighted by atomic mass is 31.1. The third-order valence-corrected chi connectivity index (χ3v) is 7.21. The summed E-state index contributed by atoms with van der Waals surface area (Å²) in [5, 5.41) is 1.35. The van der Waals surface area contributed by atoms with Gasteiger partial charge in [0.2, 0.25) is 0 Å². The topological polar surface area (TPSA) is 21.6 Å². The van der Waals surface area contributed by atoms with Crippen LogP contribution in [0.2, 0.25) is 0 Å². The van der Waals surface area contributed by atoms with Crippen LogP contribution in [0.25, 0.3) is 0 Å². The highest BCUT2D eigenvalue weighted by molar-refractivity contribution is 7.48. The van der Waals surface area contributed by atoms with Crippen LogP contribution in [-0.4, -0.2) is 13.3 Å². The molecule has 29 heavy (non-hydrogen) atoms. The van der Waals surface area contributed by atoms with Crippen molar-refractivity contribution in [3.05, 3.63) is 95.1 Å². The summed E-state index contributed by atoms with van der Waals surface area (Å²) in [6, 6.07) is 25.5. The van der Waals surface area contributed by atoms with Gasteiger partial charge in [0.25, 0.3) is 0 Å². The van der Waals surface area contributed by atoms with Crippen molar-refractivity contribution in [3.63, 3.8) is 0 Å². The van der Waals surface area contributed by atoms with Gasteiger partial charge in [-0.1, -0.05) is 88.7 Å². The maximum absolute atomic E-state index is 6.28. The number of benzene rings is 3. The van der Waals surface area contributed by atoms with Crippen molar-refractivity contribution in [2.75, 3.05) is 7.05 Å². The SMILES string of the molecule is CCC(C)(Pc1ccc(C)cc1C=NC)c1ccccc1OCc1ccccc1. The van der Waals surface area contributed by atoms with Crippen LogP contribution in [0.1, 0.15) is 42.5 Å². The summed E-state index contributed by atoms with van der Waals surface area (Å²) in [5.74, 6) is 0.978. The maximum atomic E-state index is 6.28. The van der Waals surface area contributed by atoms with E-state index in [9.17, 15) is 0 Å². The lowest BCUT2D eigenvalue weighted by Crippen LogP contribution is -2.21. The zero-order valence-electron chi connectivity index (χ0n) is 17.8. The number of aliphatic imine (C=N–C) groups is 1. The van der Waals surface area contributed by atoms with Crippen LogP contribution in [-0.2, 0) is 11.8 Å². The van der Waals surface area contributed by atoms with Crippen LogP contribution >= 0.6 is 8.58 Å². The van der Waals surface area contributed by atoms with Gasteiger partial charge < -0.3 is 4.74 Å². The predicted octanol–water partition coefficient (Wildman–Crippen LogP) is 6.25. The minimum Gasteiger partial charge on any atom is -0.489 e. The molecule has 0 aromatic heterocycles. The van der Waals surface area contributed by atoms with E-state index in [1.807, 2.05) is 19.3 Å².